The predicted octanol–water partition coefficient (Wildman–Crippen LogP) is 2.93. The van der Waals surface area contributed by atoms with Gasteiger partial charge in [0.25, 0.3) is 5.69 Å². The molecule has 0 aromatic heterocycles. The number of amides is 3. The smallest absolute Gasteiger partial charge is 0.317 e. The number of hydrogen-bond acceptors (Lipinski definition) is 5. The van der Waals surface area contributed by atoms with Gasteiger partial charge in [-0.15, -0.1) is 0 Å². The summed E-state index contributed by atoms with van der Waals surface area (Å²) in [6, 6.07) is 13.3. The van der Waals surface area contributed by atoms with Crippen LogP contribution in [0, 0.1) is 17.0 Å². The first-order chi connectivity index (χ1) is 14.9. The molecule has 0 radical (unpaired) electrons. The van der Waals surface area contributed by atoms with E-state index in [2.05, 4.69) is 10.6 Å². The standard InChI is InChI=1S/C22H27N5O4/c1-3-23-22(29)26-13-11-25(12-14-26)20(17-7-5-4-6-8-17)21(28)24-18-10-9-16(2)15-19(18)27(30)31/h4-10,15,20H,3,11-14H2,1-2H3,(H,23,29)(H,24,28). The lowest BCUT2D eigenvalue weighted by atomic mass is 10.0. The second kappa shape index (κ2) is 10.0. The molecule has 2 N–H and O–H groups in total. The van der Waals surface area contributed by atoms with Gasteiger partial charge in [0.1, 0.15) is 11.7 Å². The summed E-state index contributed by atoms with van der Waals surface area (Å²) in [5, 5.41) is 17.0. The number of urea groups is 1. The molecule has 1 aliphatic heterocycles. The quantitative estimate of drug-likeness (QED) is 0.547. The van der Waals surface area contributed by atoms with E-state index < -0.39 is 11.0 Å². The van der Waals surface area contributed by atoms with E-state index >= 15 is 0 Å². The maximum atomic E-state index is 13.3. The number of carbonyl (C=O) groups excluding carboxylic acids is 2. The molecule has 1 aliphatic rings. The van der Waals surface area contributed by atoms with Gasteiger partial charge in [-0.2, -0.15) is 0 Å². The summed E-state index contributed by atoms with van der Waals surface area (Å²) in [6.07, 6.45) is 0. The molecule has 0 bridgehead atoms. The molecule has 2 aromatic carbocycles. The number of nitro benzene ring substituents is 1. The Bertz CT molecular complexity index is 942. The minimum absolute atomic E-state index is 0.113. The molecule has 2 aromatic rings. The number of anilines is 1. The molecule has 1 heterocycles. The molecule has 3 rings (SSSR count). The van der Waals surface area contributed by atoms with Crippen molar-refractivity contribution in [3.8, 4) is 0 Å². The van der Waals surface area contributed by atoms with Crippen molar-refractivity contribution in [1.82, 2.24) is 15.1 Å². The summed E-state index contributed by atoms with van der Waals surface area (Å²) in [4.78, 5) is 40.1. The molecular formula is C22H27N5O4. The first kappa shape index (κ1) is 22.2. The van der Waals surface area contributed by atoms with Crippen molar-refractivity contribution in [3.63, 3.8) is 0 Å². The predicted molar refractivity (Wildman–Crippen MR) is 118 cm³/mol. The van der Waals surface area contributed by atoms with Crippen LogP contribution in [0.1, 0.15) is 24.1 Å². The normalized spacial score (nSPS) is 15.2. The topological polar surface area (TPSA) is 108 Å². The third-order valence-electron chi connectivity index (χ3n) is 5.27. The van der Waals surface area contributed by atoms with E-state index in [4.69, 9.17) is 0 Å². The minimum Gasteiger partial charge on any atom is -0.338 e. The first-order valence-corrected chi connectivity index (χ1v) is 10.3. The molecule has 0 spiro atoms. The number of hydrogen-bond donors (Lipinski definition) is 2. The van der Waals surface area contributed by atoms with Gasteiger partial charge in [-0.05, 0) is 31.0 Å². The highest BCUT2D eigenvalue weighted by molar-refractivity contribution is 5.97. The van der Waals surface area contributed by atoms with Crippen LogP contribution in [0.4, 0.5) is 16.2 Å². The highest BCUT2D eigenvalue weighted by Gasteiger charge is 2.32. The van der Waals surface area contributed by atoms with Crippen LogP contribution >= 0.6 is 0 Å². The van der Waals surface area contributed by atoms with Crippen molar-refractivity contribution >= 4 is 23.3 Å². The Kier molecular flexibility index (Phi) is 7.19. The van der Waals surface area contributed by atoms with Gasteiger partial charge in [-0.3, -0.25) is 19.8 Å². The third-order valence-corrected chi connectivity index (χ3v) is 5.27. The zero-order valence-electron chi connectivity index (χ0n) is 17.7. The summed E-state index contributed by atoms with van der Waals surface area (Å²) < 4.78 is 0. The second-order valence-electron chi connectivity index (χ2n) is 7.44. The Balaban J connectivity index is 1.82. The van der Waals surface area contributed by atoms with Crippen molar-refractivity contribution in [2.75, 3.05) is 38.0 Å². The Morgan fingerprint density at radius 2 is 1.77 bits per heavy atom. The van der Waals surface area contributed by atoms with Crippen LogP contribution < -0.4 is 10.6 Å². The number of nitrogens with one attached hydrogen (secondary N) is 2. The molecule has 1 saturated heterocycles. The molecule has 0 aliphatic carbocycles. The zero-order valence-corrected chi connectivity index (χ0v) is 17.7. The van der Waals surface area contributed by atoms with Gasteiger partial charge in [0.05, 0.1) is 4.92 Å². The first-order valence-electron chi connectivity index (χ1n) is 10.3. The van der Waals surface area contributed by atoms with E-state index in [9.17, 15) is 19.7 Å². The summed E-state index contributed by atoms with van der Waals surface area (Å²) in [6.45, 7) is 6.21. The van der Waals surface area contributed by atoms with E-state index in [-0.39, 0.29) is 23.3 Å². The SMILES string of the molecule is CCNC(=O)N1CCN(C(C(=O)Nc2ccc(C)cc2[N+](=O)[O-])c2ccccc2)CC1. The van der Waals surface area contributed by atoms with Crippen LogP contribution in [0.2, 0.25) is 0 Å². The zero-order chi connectivity index (χ0) is 22.4. The highest BCUT2D eigenvalue weighted by Crippen LogP contribution is 2.29. The largest absolute Gasteiger partial charge is 0.338 e. The molecule has 164 valence electrons. The minimum atomic E-state index is -0.626. The van der Waals surface area contributed by atoms with Gasteiger partial charge < -0.3 is 15.5 Å². The lowest BCUT2D eigenvalue weighted by Crippen LogP contribution is -2.53. The Morgan fingerprint density at radius 1 is 1.10 bits per heavy atom. The number of nitrogens with zero attached hydrogens (tertiary/aromatic N) is 3. The summed E-state index contributed by atoms with van der Waals surface area (Å²) in [5.41, 5.74) is 1.57. The average Bonchev–Trinajstić information content (AvgIpc) is 2.76. The average molecular weight is 425 g/mol. The van der Waals surface area contributed by atoms with Crippen molar-refractivity contribution in [2.45, 2.75) is 19.9 Å². The van der Waals surface area contributed by atoms with Gasteiger partial charge in [-0.1, -0.05) is 36.4 Å². The van der Waals surface area contributed by atoms with Crippen LogP contribution in [0.15, 0.2) is 48.5 Å². The van der Waals surface area contributed by atoms with Crippen LogP contribution in [-0.4, -0.2) is 59.4 Å². The van der Waals surface area contributed by atoms with E-state index in [1.54, 1.807) is 24.0 Å². The lowest BCUT2D eigenvalue weighted by Gasteiger charge is -2.38. The van der Waals surface area contributed by atoms with Crippen molar-refractivity contribution in [1.29, 1.82) is 0 Å². The van der Waals surface area contributed by atoms with Gasteiger partial charge in [0.2, 0.25) is 5.91 Å². The summed E-state index contributed by atoms with van der Waals surface area (Å²) in [7, 11) is 0. The van der Waals surface area contributed by atoms with Crippen molar-refractivity contribution in [3.05, 3.63) is 69.8 Å². The number of nitro groups is 1. The number of carbonyl (C=O) groups is 2. The maximum absolute atomic E-state index is 13.3. The Morgan fingerprint density at radius 3 is 2.39 bits per heavy atom. The molecular weight excluding hydrogens is 398 g/mol. The fourth-order valence-corrected chi connectivity index (χ4v) is 3.71. The fraction of sp³-hybridized carbons (Fsp3) is 0.364. The molecule has 9 nitrogen and oxygen atoms in total. The lowest BCUT2D eigenvalue weighted by molar-refractivity contribution is -0.384. The van der Waals surface area contributed by atoms with E-state index in [1.165, 1.54) is 6.07 Å². The van der Waals surface area contributed by atoms with Crippen LogP contribution in [0.3, 0.4) is 0 Å². The van der Waals surface area contributed by atoms with Crippen LogP contribution in [0.25, 0.3) is 0 Å². The van der Waals surface area contributed by atoms with E-state index in [0.29, 0.717) is 32.7 Å². The van der Waals surface area contributed by atoms with Gasteiger partial charge >= 0.3 is 6.03 Å². The Hall–Kier alpha value is -3.46. The van der Waals surface area contributed by atoms with Gasteiger partial charge in [-0.25, -0.2) is 4.79 Å². The van der Waals surface area contributed by atoms with Gasteiger partial charge in [0.15, 0.2) is 0 Å². The molecule has 31 heavy (non-hydrogen) atoms. The monoisotopic (exact) mass is 425 g/mol. The summed E-state index contributed by atoms with van der Waals surface area (Å²) >= 11 is 0. The summed E-state index contributed by atoms with van der Waals surface area (Å²) in [5.74, 6) is -0.343. The maximum Gasteiger partial charge on any atom is 0.317 e. The number of piperazine rings is 1. The fourth-order valence-electron chi connectivity index (χ4n) is 3.71. The second-order valence-corrected chi connectivity index (χ2v) is 7.44. The highest BCUT2D eigenvalue weighted by atomic mass is 16.6. The molecule has 1 fully saturated rings. The third kappa shape index (κ3) is 5.37. The van der Waals surface area contributed by atoms with E-state index in [0.717, 1.165) is 11.1 Å². The van der Waals surface area contributed by atoms with Crippen molar-refractivity contribution < 1.29 is 14.5 Å². The van der Waals surface area contributed by atoms with Crippen molar-refractivity contribution in [2.24, 2.45) is 0 Å². The van der Waals surface area contributed by atoms with Crippen LogP contribution in [0.5, 0.6) is 0 Å². The molecule has 0 saturated carbocycles. The number of benzene rings is 2. The molecule has 1 atom stereocenters. The van der Waals surface area contributed by atoms with Gasteiger partial charge in [0, 0.05) is 38.8 Å². The molecule has 3 amide bonds. The Labute approximate surface area is 181 Å². The van der Waals surface area contributed by atoms with E-state index in [1.807, 2.05) is 42.2 Å². The van der Waals surface area contributed by atoms with Crippen LogP contribution in [-0.2, 0) is 4.79 Å². The number of aryl methyl sites for hydroxylation is 1. The number of rotatable bonds is 6. The molecule has 9 heteroatoms. The molecule has 1 unspecified atom stereocenters.